The molecule has 1 aliphatic heterocycles. The lowest BCUT2D eigenvalue weighted by Gasteiger charge is -2.31. The maximum atomic E-state index is 12.2. The lowest BCUT2D eigenvalue weighted by molar-refractivity contribution is -0.126. The second-order valence-electron chi connectivity index (χ2n) is 6.37. The van der Waals surface area contributed by atoms with Crippen LogP contribution in [-0.4, -0.2) is 25.1 Å². The number of carbonyl (C=O) groups is 1. The van der Waals surface area contributed by atoms with Gasteiger partial charge < -0.3 is 15.4 Å². The maximum Gasteiger partial charge on any atom is 0.223 e. The molecule has 0 aliphatic carbocycles. The molecule has 4 nitrogen and oxygen atoms in total. The zero-order chi connectivity index (χ0) is 16.1. The van der Waals surface area contributed by atoms with Crippen LogP contribution in [0, 0.1) is 18.8 Å². The highest BCUT2D eigenvalue weighted by Crippen LogP contribution is 2.23. The van der Waals surface area contributed by atoms with E-state index in [2.05, 4.69) is 37.5 Å². The van der Waals surface area contributed by atoms with Gasteiger partial charge in [0.1, 0.15) is 5.75 Å². The first-order valence-corrected chi connectivity index (χ1v) is 8.25. The van der Waals surface area contributed by atoms with Gasteiger partial charge in [-0.05, 0) is 50.9 Å². The average Bonchev–Trinajstić information content (AvgIpc) is 2.44. The third-order valence-corrected chi connectivity index (χ3v) is 4.51. The van der Waals surface area contributed by atoms with Crippen molar-refractivity contribution in [2.45, 2.75) is 46.8 Å². The summed E-state index contributed by atoms with van der Waals surface area (Å²) in [5.41, 5.74) is 2.21. The standard InChI is InChI=1S/C18H28N2O2/c1-5-13(3)22-17-8-12(2)6-7-15(17)11-20-18(21)14(4)16-9-19-10-16/h6-8,13-14,16,19H,5,9-11H2,1-4H3,(H,20,21). The number of rotatable bonds is 7. The molecule has 1 aliphatic rings. The van der Waals surface area contributed by atoms with E-state index in [1.807, 2.05) is 19.1 Å². The van der Waals surface area contributed by atoms with Crippen molar-refractivity contribution >= 4 is 5.91 Å². The highest BCUT2D eigenvalue weighted by Gasteiger charge is 2.28. The van der Waals surface area contributed by atoms with Gasteiger partial charge in [-0.1, -0.05) is 26.0 Å². The van der Waals surface area contributed by atoms with Crippen LogP contribution < -0.4 is 15.4 Å². The van der Waals surface area contributed by atoms with Crippen LogP contribution in [0.15, 0.2) is 18.2 Å². The summed E-state index contributed by atoms with van der Waals surface area (Å²) in [6, 6.07) is 6.15. The monoisotopic (exact) mass is 304 g/mol. The summed E-state index contributed by atoms with van der Waals surface area (Å²) < 4.78 is 5.99. The van der Waals surface area contributed by atoms with Crippen molar-refractivity contribution < 1.29 is 9.53 Å². The van der Waals surface area contributed by atoms with Gasteiger partial charge in [-0.25, -0.2) is 0 Å². The lowest BCUT2D eigenvalue weighted by atomic mass is 9.88. The number of amides is 1. The summed E-state index contributed by atoms with van der Waals surface area (Å²) in [7, 11) is 0. The smallest absolute Gasteiger partial charge is 0.223 e. The van der Waals surface area contributed by atoms with Gasteiger partial charge in [-0.2, -0.15) is 0 Å². The minimum atomic E-state index is 0.0608. The van der Waals surface area contributed by atoms with Gasteiger partial charge in [0.05, 0.1) is 6.10 Å². The third kappa shape index (κ3) is 4.23. The Morgan fingerprint density at radius 1 is 1.41 bits per heavy atom. The minimum absolute atomic E-state index is 0.0608. The third-order valence-electron chi connectivity index (χ3n) is 4.51. The fourth-order valence-electron chi connectivity index (χ4n) is 2.44. The number of carbonyl (C=O) groups excluding carboxylic acids is 1. The van der Waals surface area contributed by atoms with Gasteiger partial charge >= 0.3 is 0 Å². The second-order valence-corrected chi connectivity index (χ2v) is 6.37. The number of hydrogen-bond acceptors (Lipinski definition) is 3. The molecule has 2 rings (SSSR count). The van der Waals surface area contributed by atoms with Gasteiger partial charge in [0.2, 0.25) is 5.91 Å². The van der Waals surface area contributed by atoms with E-state index in [1.165, 1.54) is 5.56 Å². The van der Waals surface area contributed by atoms with Crippen LogP contribution in [0.4, 0.5) is 0 Å². The molecule has 22 heavy (non-hydrogen) atoms. The molecule has 0 aromatic heterocycles. The van der Waals surface area contributed by atoms with Crippen molar-refractivity contribution in [3.05, 3.63) is 29.3 Å². The summed E-state index contributed by atoms with van der Waals surface area (Å²) >= 11 is 0. The second kappa shape index (κ2) is 7.63. The van der Waals surface area contributed by atoms with Crippen LogP contribution in [0.2, 0.25) is 0 Å². The van der Waals surface area contributed by atoms with Gasteiger partial charge in [0, 0.05) is 18.0 Å². The van der Waals surface area contributed by atoms with Crippen LogP contribution in [0.25, 0.3) is 0 Å². The Kier molecular flexibility index (Phi) is 5.83. The number of hydrogen-bond donors (Lipinski definition) is 2. The van der Waals surface area contributed by atoms with Crippen LogP contribution in [0.3, 0.4) is 0 Å². The van der Waals surface area contributed by atoms with Crippen LogP contribution >= 0.6 is 0 Å². The first-order valence-electron chi connectivity index (χ1n) is 8.25. The Bertz CT molecular complexity index is 512. The van der Waals surface area contributed by atoms with E-state index in [9.17, 15) is 4.79 Å². The Balaban J connectivity index is 1.97. The number of nitrogens with one attached hydrogen (secondary N) is 2. The molecule has 0 spiro atoms. The molecule has 1 heterocycles. The van der Waals surface area contributed by atoms with Crippen LogP contribution in [-0.2, 0) is 11.3 Å². The lowest BCUT2D eigenvalue weighted by Crippen LogP contribution is -2.49. The van der Waals surface area contributed by atoms with Crippen molar-refractivity contribution in [1.29, 1.82) is 0 Å². The molecule has 1 aromatic rings. The molecule has 0 bridgehead atoms. The minimum Gasteiger partial charge on any atom is -0.490 e. The molecular weight excluding hydrogens is 276 g/mol. The predicted molar refractivity (Wildman–Crippen MR) is 88.9 cm³/mol. The molecule has 1 amide bonds. The quantitative estimate of drug-likeness (QED) is 0.814. The Morgan fingerprint density at radius 3 is 2.73 bits per heavy atom. The summed E-state index contributed by atoms with van der Waals surface area (Å²) in [6.45, 7) is 10.6. The highest BCUT2D eigenvalue weighted by atomic mass is 16.5. The molecule has 0 radical (unpaired) electrons. The van der Waals surface area contributed by atoms with Crippen molar-refractivity contribution in [3.63, 3.8) is 0 Å². The largest absolute Gasteiger partial charge is 0.490 e. The molecule has 2 atom stereocenters. The maximum absolute atomic E-state index is 12.2. The molecule has 1 fully saturated rings. The number of ether oxygens (including phenoxy) is 1. The van der Waals surface area contributed by atoms with E-state index in [1.54, 1.807) is 0 Å². The molecule has 122 valence electrons. The Morgan fingerprint density at radius 2 is 2.14 bits per heavy atom. The van der Waals surface area contributed by atoms with Crippen molar-refractivity contribution in [3.8, 4) is 5.75 Å². The molecule has 1 saturated heterocycles. The fourth-order valence-corrected chi connectivity index (χ4v) is 2.44. The van der Waals surface area contributed by atoms with E-state index in [4.69, 9.17) is 4.74 Å². The van der Waals surface area contributed by atoms with Crippen molar-refractivity contribution in [2.24, 2.45) is 11.8 Å². The van der Waals surface area contributed by atoms with E-state index in [0.29, 0.717) is 12.5 Å². The zero-order valence-electron chi connectivity index (χ0n) is 14.1. The molecule has 0 saturated carbocycles. The highest BCUT2D eigenvalue weighted by molar-refractivity contribution is 5.78. The Labute approximate surface area is 133 Å². The van der Waals surface area contributed by atoms with E-state index in [0.717, 1.165) is 30.8 Å². The summed E-state index contributed by atoms with van der Waals surface area (Å²) in [5, 5.41) is 6.27. The molecule has 1 aromatic carbocycles. The zero-order valence-corrected chi connectivity index (χ0v) is 14.1. The van der Waals surface area contributed by atoms with Crippen LogP contribution in [0.1, 0.15) is 38.3 Å². The van der Waals surface area contributed by atoms with Gasteiger partial charge in [0.15, 0.2) is 0 Å². The average molecular weight is 304 g/mol. The SMILES string of the molecule is CCC(C)Oc1cc(C)ccc1CNC(=O)C(C)C1CNC1. The Hall–Kier alpha value is -1.55. The molecule has 4 heteroatoms. The summed E-state index contributed by atoms with van der Waals surface area (Å²) in [6.07, 6.45) is 1.14. The first-order chi connectivity index (χ1) is 10.5. The predicted octanol–water partition coefficient (Wildman–Crippen LogP) is 2.64. The molecule has 2 N–H and O–H groups in total. The number of benzene rings is 1. The molecule has 2 unspecified atom stereocenters. The normalized spacial score (nSPS) is 17.5. The summed E-state index contributed by atoms with van der Waals surface area (Å²) in [4.78, 5) is 12.2. The van der Waals surface area contributed by atoms with Crippen molar-refractivity contribution in [2.75, 3.05) is 13.1 Å². The fraction of sp³-hybridized carbons (Fsp3) is 0.611. The van der Waals surface area contributed by atoms with Crippen LogP contribution in [0.5, 0.6) is 5.75 Å². The van der Waals surface area contributed by atoms with Crippen molar-refractivity contribution in [1.82, 2.24) is 10.6 Å². The summed E-state index contributed by atoms with van der Waals surface area (Å²) in [5.74, 6) is 1.54. The van der Waals surface area contributed by atoms with Gasteiger partial charge in [0.25, 0.3) is 0 Å². The van der Waals surface area contributed by atoms with E-state index < -0.39 is 0 Å². The molecular formula is C18H28N2O2. The van der Waals surface area contributed by atoms with Gasteiger partial charge in [-0.15, -0.1) is 0 Å². The number of aryl methyl sites for hydroxylation is 1. The topological polar surface area (TPSA) is 50.4 Å². The first kappa shape index (κ1) is 16.8. The van der Waals surface area contributed by atoms with E-state index >= 15 is 0 Å². The van der Waals surface area contributed by atoms with Gasteiger partial charge in [-0.3, -0.25) is 4.79 Å². The van der Waals surface area contributed by atoms with E-state index in [-0.39, 0.29) is 17.9 Å².